The molecule has 1 aliphatic heterocycles. The van der Waals surface area contributed by atoms with Crippen LogP contribution in [0.2, 0.25) is 0 Å². The first-order valence-electron chi connectivity index (χ1n) is 7.92. The maximum Gasteiger partial charge on any atom is 0.307 e. The highest BCUT2D eigenvalue weighted by atomic mass is 32.1. The van der Waals surface area contributed by atoms with Gasteiger partial charge in [-0.05, 0) is 18.4 Å². The molecule has 3 rings (SSSR count). The van der Waals surface area contributed by atoms with Gasteiger partial charge in [0.15, 0.2) is 0 Å². The predicted molar refractivity (Wildman–Crippen MR) is 95.8 cm³/mol. The third kappa shape index (κ3) is 4.13. The minimum Gasteiger partial charge on any atom is -0.379 e. The van der Waals surface area contributed by atoms with E-state index in [0.717, 1.165) is 43.3 Å². The number of morpholine rings is 1. The van der Waals surface area contributed by atoms with Crippen molar-refractivity contribution in [3.8, 4) is 0 Å². The number of hydrogen-bond acceptors (Lipinski definition) is 6. The van der Waals surface area contributed by atoms with Crippen molar-refractivity contribution in [1.29, 1.82) is 0 Å². The second-order valence-corrected chi connectivity index (χ2v) is 7.51. The molecular formula is C16H21N3O3S2. The number of thiophene rings is 1. The molecule has 130 valence electrons. The smallest absolute Gasteiger partial charge is 0.307 e. The van der Waals surface area contributed by atoms with E-state index in [1.165, 1.54) is 9.44 Å². The van der Waals surface area contributed by atoms with Gasteiger partial charge in [0.25, 0.3) is 0 Å². The lowest BCUT2D eigenvalue weighted by Crippen LogP contribution is -2.44. The van der Waals surface area contributed by atoms with Gasteiger partial charge >= 0.3 is 4.87 Å². The number of hydrogen-bond donors (Lipinski definition) is 1. The summed E-state index contributed by atoms with van der Waals surface area (Å²) in [4.78, 5) is 27.5. The van der Waals surface area contributed by atoms with Crippen LogP contribution in [0.3, 0.4) is 0 Å². The second kappa shape index (κ2) is 8.06. The molecule has 1 atom stereocenters. The molecular weight excluding hydrogens is 346 g/mol. The second-order valence-electron chi connectivity index (χ2n) is 5.71. The fourth-order valence-corrected chi connectivity index (χ4v) is 4.38. The van der Waals surface area contributed by atoms with E-state index in [-0.39, 0.29) is 23.4 Å². The van der Waals surface area contributed by atoms with Crippen molar-refractivity contribution in [2.75, 3.05) is 32.8 Å². The van der Waals surface area contributed by atoms with Gasteiger partial charge in [0.1, 0.15) is 6.54 Å². The fraction of sp³-hybridized carbons (Fsp3) is 0.500. The third-order valence-corrected chi connectivity index (χ3v) is 5.98. The average molecular weight is 367 g/mol. The average Bonchev–Trinajstić information content (AvgIpc) is 3.22. The fourth-order valence-electron chi connectivity index (χ4n) is 2.79. The van der Waals surface area contributed by atoms with Crippen LogP contribution in [-0.4, -0.2) is 48.2 Å². The molecule has 1 saturated heterocycles. The number of aryl methyl sites for hydroxylation is 1. The SMILES string of the molecule is Cc1csc(=O)n1CC(=O)NCC(c1cccs1)N1CCOCC1. The van der Waals surface area contributed by atoms with Gasteiger partial charge in [-0.3, -0.25) is 19.1 Å². The van der Waals surface area contributed by atoms with Gasteiger partial charge in [0, 0.05) is 35.6 Å². The van der Waals surface area contributed by atoms with Crippen LogP contribution in [0.1, 0.15) is 16.6 Å². The Morgan fingerprint density at radius 1 is 1.38 bits per heavy atom. The molecule has 0 radical (unpaired) electrons. The number of nitrogens with zero attached hydrogens (tertiary/aromatic N) is 2. The molecule has 1 fully saturated rings. The van der Waals surface area contributed by atoms with Crippen molar-refractivity contribution in [2.45, 2.75) is 19.5 Å². The lowest BCUT2D eigenvalue weighted by molar-refractivity contribution is -0.122. The first-order valence-corrected chi connectivity index (χ1v) is 9.68. The Bertz CT molecular complexity index is 717. The van der Waals surface area contributed by atoms with Crippen molar-refractivity contribution in [3.63, 3.8) is 0 Å². The van der Waals surface area contributed by atoms with E-state index in [4.69, 9.17) is 4.74 Å². The van der Waals surface area contributed by atoms with Gasteiger partial charge in [0.2, 0.25) is 5.91 Å². The van der Waals surface area contributed by atoms with Crippen LogP contribution in [0, 0.1) is 6.92 Å². The van der Waals surface area contributed by atoms with Crippen LogP contribution in [-0.2, 0) is 16.1 Å². The minimum atomic E-state index is -0.131. The molecule has 2 aromatic rings. The van der Waals surface area contributed by atoms with Crippen molar-refractivity contribution in [2.24, 2.45) is 0 Å². The number of carbonyl (C=O) groups excluding carboxylic acids is 1. The summed E-state index contributed by atoms with van der Waals surface area (Å²) < 4.78 is 6.94. The zero-order chi connectivity index (χ0) is 16.9. The van der Waals surface area contributed by atoms with Crippen molar-refractivity contribution < 1.29 is 9.53 Å². The van der Waals surface area contributed by atoms with E-state index < -0.39 is 0 Å². The van der Waals surface area contributed by atoms with Crippen LogP contribution in [0.5, 0.6) is 0 Å². The largest absolute Gasteiger partial charge is 0.379 e. The Morgan fingerprint density at radius 2 is 2.17 bits per heavy atom. The number of ether oxygens (including phenoxy) is 1. The van der Waals surface area contributed by atoms with Crippen LogP contribution in [0.25, 0.3) is 0 Å². The Balaban J connectivity index is 1.63. The minimum absolute atomic E-state index is 0.0778. The van der Waals surface area contributed by atoms with Gasteiger partial charge in [-0.2, -0.15) is 0 Å². The molecule has 24 heavy (non-hydrogen) atoms. The number of aromatic nitrogens is 1. The zero-order valence-electron chi connectivity index (χ0n) is 13.6. The summed E-state index contributed by atoms with van der Waals surface area (Å²) in [7, 11) is 0. The summed E-state index contributed by atoms with van der Waals surface area (Å²) in [5.74, 6) is -0.131. The number of rotatable bonds is 6. The Morgan fingerprint density at radius 3 is 2.79 bits per heavy atom. The van der Waals surface area contributed by atoms with E-state index in [0.29, 0.717) is 6.54 Å². The highest BCUT2D eigenvalue weighted by molar-refractivity contribution is 7.10. The molecule has 0 aliphatic carbocycles. The summed E-state index contributed by atoms with van der Waals surface area (Å²) in [5, 5.41) is 6.82. The lowest BCUT2D eigenvalue weighted by Gasteiger charge is -2.34. The van der Waals surface area contributed by atoms with Crippen LogP contribution in [0.15, 0.2) is 27.7 Å². The number of thiazole rings is 1. The first-order chi connectivity index (χ1) is 11.6. The Kier molecular flexibility index (Phi) is 5.83. The van der Waals surface area contributed by atoms with E-state index in [1.807, 2.05) is 13.0 Å². The molecule has 6 nitrogen and oxygen atoms in total. The summed E-state index contributed by atoms with van der Waals surface area (Å²) in [6.07, 6.45) is 0. The Labute approximate surface area is 148 Å². The van der Waals surface area contributed by atoms with Gasteiger partial charge in [-0.15, -0.1) is 11.3 Å². The highest BCUT2D eigenvalue weighted by Crippen LogP contribution is 2.25. The molecule has 1 unspecified atom stereocenters. The molecule has 2 aromatic heterocycles. The monoisotopic (exact) mass is 367 g/mol. The molecule has 1 amide bonds. The van der Waals surface area contributed by atoms with Gasteiger partial charge < -0.3 is 10.1 Å². The number of amides is 1. The summed E-state index contributed by atoms with van der Waals surface area (Å²) in [6.45, 7) is 5.63. The van der Waals surface area contributed by atoms with E-state index >= 15 is 0 Å². The van der Waals surface area contributed by atoms with Crippen molar-refractivity contribution in [3.05, 3.63) is 43.1 Å². The van der Waals surface area contributed by atoms with Crippen LogP contribution >= 0.6 is 22.7 Å². The maximum atomic E-state index is 12.3. The van der Waals surface area contributed by atoms with Crippen molar-refractivity contribution in [1.82, 2.24) is 14.8 Å². The van der Waals surface area contributed by atoms with Gasteiger partial charge in [-0.1, -0.05) is 17.4 Å². The zero-order valence-corrected chi connectivity index (χ0v) is 15.2. The standard InChI is InChI=1S/C16H21N3O3S2/c1-12-11-24-16(21)19(12)10-15(20)17-9-13(14-3-2-8-23-14)18-4-6-22-7-5-18/h2-3,8,11,13H,4-7,9-10H2,1H3,(H,17,20). The number of nitrogens with one attached hydrogen (secondary N) is 1. The topological polar surface area (TPSA) is 63.6 Å². The predicted octanol–water partition coefficient (Wildman–Crippen LogP) is 1.47. The summed E-state index contributed by atoms with van der Waals surface area (Å²) >= 11 is 2.82. The van der Waals surface area contributed by atoms with Gasteiger partial charge in [-0.25, -0.2) is 0 Å². The summed E-state index contributed by atoms with van der Waals surface area (Å²) in [5.41, 5.74) is 0.822. The van der Waals surface area contributed by atoms with E-state index in [2.05, 4.69) is 21.7 Å². The number of carbonyl (C=O) groups is 1. The molecule has 1 aliphatic rings. The highest BCUT2D eigenvalue weighted by Gasteiger charge is 2.24. The Hall–Kier alpha value is -1.48. The molecule has 0 spiro atoms. The molecule has 1 N–H and O–H groups in total. The van der Waals surface area contributed by atoms with Crippen LogP contribution < -0.4 is 10.2 Å². The molecule has 8 heteroatoms. The molecule has 3 heterocycles. The molecule has 0 aromatic carbocycles. The molecule has 0 bridgehead atoms. The normalized spacial score (nSPS) is 16.9. The van der Waals surface area contributed by atoms with E-state index in [9.17, 15) is 9.59 Å². The molecule has 0 saturated carbocycles. The maximum absolute atomic E-state index is 12.3. The summed E-state index contributed by atoms with van der Waals surface area (Å²) in [6, 6.07) is 4.28. The quantitative estimate of drug-likeness (QED) is 0.840. The first kappa shape index (κ1) is 17.3. The van der Waals surface area contributed by atoms with Crippen molar-refractivity contribution >= 4 is 28.6 Å². The van der Waals surface area contributed by atoms with Crippen LogP contribution in [0.4, 0.5) is 0 Å². The van der Waals surface area contributed by atoms with E-state index in [1.54, 1.807) is 16.7 Å². The lowest BCUT2D eigenvalue weighted by atomic mass is 10.2. The van der Waals surface area contributed by atoms with Gasteiger partial charge in [0.05, 0.1) is 19.3 Å². The third-order valence-electron chi connectivity index (χ3n) is 4.13.